The third-order valence-corrected chi connectivity index (χ3v) is 14.5. The van der Waals surface area contributed by atoms with E-state index >= 15 is 0 Å². The van der Waals surface area contributed by atoms with Crippen molar-refractivity contribution in [3.05, 3.63) is 171 Å². The first-order chi connectivity index (χ1) is 39.5. The number of aliphatic hydroxyl groups excluding tert-OH is 1. The van der Waals surface area contributed by atoms with Crippen molar-refractivity contribution in [3.63, 3.8) is 0 Å². The molecule has 5 nitrogen and oxygen atoms in total. The largest absolute Gasteiger partial charge is 0.665 e. The first-order valence-electron chi connectivity index (χ1n) is 25.2. The fourth-order valence-electron chi connectivity index (χ4n) is 8.35. The Morgan fingerprint density at radius 1 is 0.425 bits per heavy atom. The predicted octanol–water partition coefficient (Wildman–Crippen LogP) is 22.3. The van der Waals surface area contributed by atoms with E-state index in [1.807, 2.05) is 0 Å². The van der Waals surface area contributed by atoms with Crippen molar-refractivity contribution in [2.24, 2.45) is 0 Å². The quantitative estimate of drug-likeness (QED) is 0.0367. The summed E-state index contributed by atoms with van der Waals surface area (Å²) in [4.78, 5) is 44.7. The number of halogens is 22. The van der Waals surface area contributed by atoms with Crippen LogP contribution in [0.25, 0.3) is 22.3 Å². The van der Waals surface area contributed by atoms with E-state index < -0.39 is 123 Å². The van der Waals surface area contributed by atoms with E-state index in [4.69, 9.17) is 56.3 Å². The van der Waals surface area contributed by atoms with Gasteiger partial charge in [-0.2, -0.15) is 52.7 Å². The Balaban J connectivity index is 0.000000573. The molecule has 0 aromatic heterocycles. The minimum absolute atomic E-state index is 0.00851. The molecular weight excluding hydrogens is 1280 g/mol. The number of unbranched alkanes of at least 4 members (excludes halogenated alkanes) is 2. The fraction of sp³-hybridized carbons (Fsp3) is 0.367. The molecular formula is C60H53Cl4F18O5-. The zero-order valence-electron chi connectivity index (χ0n) is 47.4. The van der Waals surface area contributed by atoms with E-state index in [-0.39, 0.29) is 122 Å². The Morgan fingerprint density at radius 3 is 0.920 bits per heavy atom. The standard InChI is InChI=1S/C31H26Cl2F12.C28H26Cl2F6O3.CHO2/c1-14-19(24(27(36)37)30(4,42)43)10-16(12-22(14)32)18(8-6-7-9-21(26(34)35)29(3,40)41)17-11-20(15(2)23(33)13-17)25(28(38)39)31(5,44)45;1-14-19(24(38)27(4,33)34)10-16(12-21(14)29)18(8-6-7-9-23(37)26(3,31)32)17-11-20(15(2)22(30)13-17)25(39)28(5,35)36;2-1-3/h8,10-13H,6-7,9H2,1-5H3;8,10-13H,6-7,9H2,1-5H3;(H,2,3)/q;;-1. The summed E-state index contributed by atoms with van der Waals surface area (Å²) >= 11 is 25.0. The van der Waals surface area contributed by atoms with E-state index in [1.165, 1.54) is 52.0 Å². The lowest BCUT2D eigenvalue weighted by molar-refractivity contribution is -0.140. The van der Waals surface area contributed by atoms with Gasteiger partial charge in [0, 0.05) is 79.2 Å². The molecule has 478 valence electrons. The summed E-state index contributed by atoms with van der Waals surface area (Å²) in [7, 11) is 0. The molecule has 0 aliphatic rings. The summed E-state index contributed by atoms with van der Waals surface area (Å²) in [6, 6.07) is 9.00. The summed E-state index contributed by atoms with van der Waals surface area (Å²) in [6.07, 6.45) is -7.41. The van der Waals surface area contributed by atoms with Crippen LogP contribution in [-0.2, 0) is 9.59 Å². The molecule has 0 aliphatic heterocycles. The zero-order chi connectivity index (χ0) is 67.6. The van der Waals surface area contributed by atoms with Crippen LogP contribution >= 0.6 is 46.4 Å². The number of carbonyl (C=O) groups is 3. The number of ketones is 3. The van der Waals surface area contributed by atoms with Crippen LogP contribution in [0.2, 0.25) is 20.1 Å². The SMILES string of the molecule is Cc1c(Cl)cc(C(=CCCCC(=C(F)F)C(C)(F)F)c2cc(Cl)c(C)c(C(=C(F)F)C(C)(F)F)c2)cc1C(=C(F)F)C(C)(F)F.Cc1c(Cl)cc(C(=CCCCC(=O)C(C)(F)F)c2cc(Cl)c(C)c(C(=O)C(C)(F)F)c2)cc1C(=O)C(C)(F)F.O=[C-]O. The fourth-order valence-corrected chi connectivity index (χ4v) is 9.23. The lowest BCUT2D eigenvalue weighted by Gasteiger charge is -2.21. The average Bonchev–Trinajstić information content (AvgIpc) is 1.39. The van der Waals surface area contributed by atoms with E-state index in [0.717, 1.165) is 36.4 Å². The van der Waals surface area contributed by atoms with E-state index in [0.29, 0.717) is 27.2 Å². The summed E-state index contributed by atoms with van der Waals surface area (Å²) in [5.74, 6) is -27.3. The van der Waals surface area contributed by atoms with Crippen molar-refractivity contribution in [2.45, 2.75) is 143 Å². The molecule has 0 heterocycles. The van der Waals surface area contributed by atoms with Crippen molar-refractivity contribution in [1.82, 2.24) is 0 Å². The molecule has 0 atom stereocenters. The van der Waals surface area contributed by atoms with Crippen LogP contribution in [0.1, 0.15) is 156 Å². The normalized spacial score (nSPS) is 12.0. The molecule has 0 saturated heterocycles. The molecule has 4 aromatic rings. The average molecular weight is 1340 g/mol. The number of hydrogen-bond donors (Lipinski definition) is 1. The van der Waals surface area contributed by atoms with Gasteiger partial charge in [-0.1, -0.05) is 65.0 Å². The second-order valence-electron chi connectivity index (χ2n) is 20.1. The van der Waals surface area contributed by atoms with Gasteiger partial charge in [-0.15, -0.1) is 0 Å². The third kappa shape index (κ3) is 21.0. The van der Waals surface area contributed by atoms with Gasteiger partial charge in [-0.25, -0.2) is 26.3 Å². The highest BCUT2D eigenvalue weighted by Crippen LogP contribution is 2.45. The van der Waals surface area contributed by atoms with Crippen LogP contribution in [0.3, 0.4) is 0 Å². The Kier molecular flexibility index (Phi) is 27.0. The molecule has 0 spiro atoms. The topological polar surface area (TPSA) is 88.5 Å². The number of Topliss-reactive ketones (excluding diaryl/α,β-unsaturated/α-hetero) is 3. The highest BCUT2D eigenvalue weighted by molar-refractivity contribution is 6.33. The van der Waals surface area contributed by atoms with Gasteiger partial charge in [0.2, 0.25) is 17.3 Å². The van der Waals surface area contributed by atoms with Gasteiger partial charge >= 0.3 is 17.8 Å². The van der Waals surface area contributed by atoms with E-state index in [9.17, 15) is 93.4 Å². The molecule has 1 N–H and O–H groups in total. The first-order valence-corrected chi connectivity index (χ1v) is 26.7. The number of hydrogen-bond acceptors (Lipinski definition) is 4. The number of alkyl halides is 12. The van der Waals surface area contributed by atoms with Gasteiger partial charge in [0.05, 0.1) is 16.7 Å². The summed E-state index contributed by atoms with van der Waals surface area (Å²) in [5, 5.41) is 6.05. The van der Waals surface area contributed by atoms with Crippen molar-refractivity contribution in [3.8, 4) is 0 Å². The lowest BCUT2D eigenvalue weighted by atomic mass is 9.87. The lowest BCUT2D eigenvalue weighted by Crippen LogP contribution is -2.25. The Labute approximate surface area is 508 Å². The Bertz CT molecular complexity index is 3220. The maximum atomic E-state index is 14.3. The van der Waals surface area contributed by atoms with Crippen molar-refractivity contribution in [1.29, 1.82) is 0 Å². The van der Waals surface area contributed by atoms with Crippen LogP contribution in [0.5, 0.6) is 0 Å². The summed E-state index contributed by atoms with van der Waals surface area (Å²) < 4.78 is 248. The highest BCUT2D eigenvalue weighted by atomic mass is 35.5. The van der Waals surface area contributed by atoms with Crippen LogP contribution in [-0.4, -0.2) is 64.5 Å². The first kappa shape index (κ1) is 77.1. The molecule has 87 heavy (non-hydrogen) atoms. The van der Waals surface area contributed by atoms with Gasteiger partial charge in [0.1, 0.15) is 0 Å². The monoisotopic (exact) mass is 1340 g/mol. The summed E-state index contributed by atoms with van der Waals surface area (Å²) in [6.45, 7) is 7.62. The predicted molar refractivity (Wildman–Crippen MR) is 300 cm³/mol. The molecule has 4 aromatic carbocycles. The molecule has 0 amide bonds. The van der Waals surface area contributed by atoms with Gasteiger partial charge in [-0.05, 0) is 175 Å². The Hall–Kier alpha value is -6.04. The minimum atomic E-state index is -4.08. The minimum Gasteiger partial charge on any atom is -0.665 e. The van der Waals surface area contributed by atoms with Gasteiger partial charge in [0.25, 0.3) is 36.0 Å². The number of carbonyl (C=O) groups excluding carboxylic acids is 3. The van der Waals surface area contributed by atoms with Gasteiger partial charge in [0.15, 0.2) is 0 Å². The number of benzene rings is 4. The van der Waals surface area contributed by atoms with Gasteiger partial charge in [-0.3, -0.25) is 14.4 Å². The molecule has 0 unspecified atom stereocenters. The van der Waals surface area contributed by atoms with Crippen LogP contribution < -0.4 is 0 Å². The summed E-state index contributed by atoms with van der Waals surface area (Å²) in [5.41, 5.74) is -7.46. The van der Waals surface area contributed by atoms with Crippen molar-refractivity contribution < 1.29 is 103 Å². The van der Waals surface area contributed by atoms with Gasteiger partial charge < -0.3 is 9.90 Å². The van der Waals surface area contributed by atoms with E-state index in [2.05, 4.69) is 0 Å². The second kappa shape index (κ2) is 30.4. The Morgan fingerprint density at radius 2 is 0.690 bits per heavy atom. The molecule has 0 aliphatic carbocycles. The molecule has 0 saturated carbocycles. The van der Waals surface area contributed by atoms with Crippen molar-refractivity contribution >= 4 is 92.5 Å². The number of allylic oxidation sites excluding steroid dienone is 5. The maximum Gasteiger partial charge on any atom is 0.307 e. The molecule has 0 fully saturated rings. The molecule has 0 radical (unpaired) electrons. The molecule has 27 heteroatoms. The molecule has 4 rings (SSSR count). The maximum absolute atomic E-state index is 14.3. The second-order valence-corrected chi connectivity index (χ2v) is 21.7. The van der Waals surface area contributed by atoms with Crippen molar-refractivity contribution in [2.75, 3.05) is 0 Å². The third-order valence-electron chi connectivity index (χ3n) is 12.9. The number of rotatable bonds is 22. The van der Waals surface area contributed by atoms with Crippen LogP contribution in [0.4, 0.5) is 79.0 Å². The van der Waals surface area contributed by atoms with Crippen LogP contribution in [0.15, 0.2) is 84.5 Å². The zero-order valence-corrected chi connectivity index (χ0v) is 50.4. The van der Waals surface area contributed by atoms with E-state index in [1.54, 1.807) is 0 Å². The van der Waals surface area contributed by atoms with Crippen LogP contribution in [0, 0.1) is 27.7 Å². The smallest absolute Gasteiger partial charge is 0.307 e. The highest BCUT2D eigenvalue weighted by Gasteiger charge is 2.39. The molecule has 0 bridgehead atoms.